The fourth-order valence-electron chi connectivity index (χ4n) is 3.18. The molecule has 0 saturated heterocycles. The number of aryl methyl sites for hydroxylation is 2. The molecule has 0 atom stereocenters. The van der Waals surface area contributed by atoms with Crippen molar-refractivity contribution in [3.63, 3.8) is 0 Å². The van der Waals surface area contributed by atoms with E-state index in [1.165, 1.54) is 42.5 Å². The van der Waals surface area contributed by atoms with E-state index in [0.717, 1.165) is 11.1 Å². The quantitative estimate of drug-likeness (QED) is 0.435. The molecular formula is C24H25ClN2O5S2. The van der Waals surface area contributed by atoms with Crippen molar-refractivity contribution >= 4 is 48.9 Å². The fourth-order valence-corrected chi connectivity index (χ4v) is 5.98. The van der Waals surface area contributed by atoms with Crippen molar-refractivity contribution < 1.29 is 21.6 Å². The zero-order valence-corrected chi connectivity index (χ0v) is 21.3. The van der Waals surface area contributed by atoms with Crippen LogP contribution in [-0.4, -0.2) is 22.7 Å². The van der Waals surface area contributed by atoms with Gasteiger partial charge in [-0.3, -0.25) is 9.52 Å². The maximum absolute atomic E-state index is 13.3. The first kappa shape index (κ1) is 25.7. The third-order valence-corrected chi connectivity index (χ3v) is 8.47. The number of rotatable bonds is 8. The summed E-state index contributed by atoms with van der Waals surface area (Å²) in [7, 11) is -8.14. The highest BCUT2D eigenvalue weighted by Crippen LogP contribution is 2.33. The van der Waals surface area contributed by atoms with Crippen LogP contribution >= 0.6 is 11.6 Å². The molecule has 0 saturated carbocycles. The maximum atomic E-state index is 13.3. The Morgan fingerprint density at radius 1 is 0.853 bits per heavy atom. The zero-order chi connectivity index (χ0) is 25.1. The highest BCUT2D eigenvalue weighted by atomic mass is 35.5. The van der Waals surface area contributed by atoms with Gasteiger partial charge in [0.2, 0.25) is 5.91 Å². The van der Waals surface area contributed by atoms with Gasteiger partial charge in [0, 0.05) is 6.42 Å². The van der Waals surface area contributed by atoms with E-state index < -0.39 is 26.0 Å². The summed E-state index contributed by atoms with van der Waals surface area (Å²) in [6.45, 7) is 5.44. The standard InChI is InChI=1S/C24H25ClN2O5S2/c1-4-5-24(28)27(34(31,32)21-13-8-18(3)9-14-21)19-10-15-23(22(25)16-19)26-33(29,30)20-11-6-17(2)7-12-20/h6-16,26H,4-5H2,1-3H3. The molecule has 1 amide bonds. The summed E-state index contributed by atoms with van der Waals surface area (Å²) in [5.74, 6) is -0.618. The van der Waals surface area contributed by atoms with E-state index in [1.807, 2.05) is 13.8 Å². The van der Waals surface area contributed by atoms with Gasteiger partial charge in [-0.1, -0.05) is 53.9 Å². The maximum Gasteiger partial charge on any atom is 0.270 e. The van der Waals surface area contributed by atoms with Gasteiger partial charge in [-0.25, -0.2) is 21.1 Å². The highest BCUT2D eigenvalue weighted by Gasteiger charge is 2.31. The predicted octanol–water partition coefficient (Wildman–Crippen LogP) is 5.28. The Balaban J connectivity index is 2.00. The topological polar surface area (TPSA) is 101 Å². The summed E-state index contributed by atoms with van der Waals surface area (Å²) in [4.78, 5) is 12.9. The molecular weight excluding hydrogens is 496 g/mol. The Morgan fingerprint density at radius 3 is 1.88 bits per heavy atom. The first-order valence-corrected chi connectivity index (χ1v) is 13.8. The second-order valence-corrected chi connectivity index (χ2v) is 11.7. The van der Waals surface area contributed by atoms with Gasteiger partial charge in [0.05, 0.1) is 26.2 Å². The van der Waals surface area contributed by atoms with Gasteiger partial charge in [-0.15, -0.1) is 0 Å². The number of benzene rings is 3. The van der Waals surface area contributed by atoms with E-state index in [4.69, 9.17) is 11.6 Å². The van der Waals surface area contributed by atoms with Crippen LogP contribution in [-0.2, 0) is 24.8 Å². The third-order valence-electron chi connectivity index (χ3n) is 5.01. The van der Waals surface area contributed by atoms with E-state index in [-0.39, 0.29) is 32.6 Å². The van der Waals surface area contributed by atoms with Crippen molar-refractivity contribution in [1.82, 2.24) is 0 Å². The lowest BCUT2D eigenvalue weighted by molar-refractivity contribution is -0.117. The number of hydrogen-bond acceptors (Lipinski definition) is 5. The molecule has 0 fully saturated rings. The Bertz CT molecular complexity index is 1400. The molecule has 7 nitrogen and oxygen atoms in total. The molecule has 0 radical (unpaired) electrons. The summed E-state index contributed by atoms with van der Waals surface area (Å²) >= 11 is 6.33. The number of amides is 1. The van der Waals surface area contributed by atoms with Crippen molar-refractivity contribution in [3.05, 3.63) is 82.9 Å². The van der Waals surface area contributed by atoms with E-state index in [0.29, 0.717) is 10.7 Å². The summed E-state index contributed by atoms with van der Waals surface area (Å²) in [6.07, 6.45) is 0.450. The smallest absolute Gasteiger partial charge is 0.270 e. The Labute approximate surface area is 205 Å². The number of nitrogens with one attached hydrogen (secondary N) is 1. The average molecular weight is 521 g/mol. The van der Waals surface area contributed by atoms with Crippen LogP contribution in [0.15, 0.2) is 76.5 Å². The van der Waals surface area contributed by atoms with Gasteiger partial charge in [-0.05, 0) is 62.7 Å². The van der Waals surface area contributed by atoms with Crippen molar-refractivity contribution in [3.8, 4) is 0 Å². The first-order valence-electron chi connectivity index (χ1n) is 10.5. The SMILES string of the molecule is CCCC(=O)N(c1ccc(NS(=O)(=O)c2ccc(C)cc2)c(Cl)c1)S(=O)(=O)c1ccc(C)cc1. The molecule has 34 heavy (non-hydrogen) atoms. The number of halogens is 1. The molecule has 3 rings (SSSR count). The number of anilines is 2. The van der Waals surface area contributed by atoms with Gasteiger partial charge >= 0.3 is 0 Å². The van der Waals surface area contributed by atoms with Gasteiger partial charge in [0.25, 0.3) is 20.0 Å². The van der Waals surface area contributed by atoms with E-state index in [2.05, 4.69) is 4.72 Å². The molecule has 10 heteroatoms. The lowest BCUT2D eigenvalue weighted by Crippen LogP contribution is -2.36. The molecule has 0 aliphatic heterocycles. The summed E-state index contributed by atoms with van der Waals surface area (Å²) in [5, 5.41) is -0.0541. The predicted molar refractivity (Wildman–Crippen MR) is 134 cm³/mol. The molecule has 180 valence electrons. The third kappa shape index (κ3) is 5.60. The molecule has 0 heterocycles. The minimum atomic E-state index is -4.22. The summed E-state index contributed by atoms with van der Waals surface area (Å²) in [6, 6.07) is 16.4. The molecule has 0 bridgehead atoms. The van der Waals surface area contributed by atoms with Gasteiger partial charge in [0.15, 0.2) is 0 Å². The number of carbonyl (C=O) groups excluding carboxylic acids is 1. The van der Waals surface area contributed by atoms with Crippen LogP contribution in [0.4, 0.5) is 11.4 Å². The lowest BCUT2D eigenvalue weighted by Gasteiger charge is -2.23. The van der Waals surface area contributed by atoms with Gasteiger partial charge in [0.1, 0.15) is 0 Å². The molecule has 0 unspecified atom stereocenters. The van der Waals surface area contributed by atoms with Crippen LogP contribution in [0.1, 0.15) is 30.9 Å². The number of hydrogen-bond donors (Lipinski definition) is 1. The molecule has 0 aliphatic rings. The van der Waals surface area contributed by atoms with Crippen molar-refractivity contribution in [2.75, 3.05) is 9.03 Å². The second-order valence-electron chi connectivity index (χ2n) is 7.81. The van der Waals surface area contributed by atoms with Crippen molar-refractivity contribution in [2.45, 2.75) is 43.4 Å². The monoisotopic (exact) mass is 520 g/mol. The highest BCUT2D eigenvalue weighted by molar-refractivity contribution is 7.93. The first-order chi connectivity index (χ1) is 16.0. The summed E-state index contributed by atoms with van der Waals surface area (Å²) in [5.41, 5.74) is 1.86. The Kier molecular flexibility index (Phi) is 7.70. The zero-order valence-electron chi connectivity index (χ0n) is 18.9. The molecule has 0 aromatic heterocycles. The second kappa shape index (κ2) is 10.2. The van der Waals surface area contributed by atoms with Crippen LogP contribution in [0.2, 0.25) is 5.02 Å². The molecule has 3 aromatic rings. The minimum Gasteiger partial charge on any atom is -0.278 e. The average Bonchev–Trinajstić information content (AvgIpc) is 2.76. The van der Waals surface area contributed by atoms with Crippen LogP contribution in [0.25, 0.3) is 0 Å². The molecule has 1 N–H and O–H groups in total. The normalized spacial score (nSPS) is 11.8. The molecule has 3 aromatic carbocycles. The molecule has 0 spiro atoms. The Hall–Kier alpha value is -2.88. The number of sulfonamides is 2. The lowest BCUT2D eigenvalue weighted by atomic mass is 10.2. The van der Waals surface area contributed by atoms with E-state index in [1.54, 1.807) is 31.2 Å². The van der Waals surface area contributed by atoms with Crippen molar-refractivity contribution in [1.29, 1.82) is 0 Å². The van der Waals surface area contributed by atoms with Gasteiger partial charge < -0.3 is 0 Å². The van der Waals surface area contributed by atoms with Crippen LogP contribution in [0.5, 0.6) is 0 Å². The van der Waals surface area contributed by atoms with Gasteiger partial charge in [-0.2, -0.15) is 0 Å². The van der Waals surface area contributed by atoms with Crippen LogP contribution in [0.3, 0.4) is 0 Å². The van der Waals surface area contributed by atoms with Crippen LogP contribution < -0.4 is 9.03 Å². The van der Waals surface area contributed by atoms with Crippen LogP contribution in [0, 0.1) is 13.8 Å². The van der Waals surface area contributed by atoms with E-state index >= 15 is 0 Å². The summed E-state index contributed by atoms with van der Waals surface area (Å²) < 4.78 is 55.3. The fraction of sp³-hybridized carbons (Fsp3) is 0.208. The largest absolute Gasteiger partial charge is 0.278 e. The number of carbonyl (C=O) groups is 1. The van der Waals surface area contributed by atoms with Crippen molar-refractivity contribution in [2.24, 2.45) is 0 Å². The Morgan fingerprint density at radius 2 is 1.38 bits per heavy atom. The molecule has 0 aliphatic carbocycles. The minimum absolute atomic E-state index is 0.00448. The number of nitrogens with zero attached hydrogens (tertiary/aromatic N) is 1. The van der Waals surface area contributed by atoms with E-state index in [9.17, 15) is 21.6 Å².